The van der Waals surface area contributed by atoms with E-state index in [1.165, 1.54) is 18.7 Å². The normalized spacial score (nSPS) is 13.3. The SMILES string of the molecule is COc1cc(C(Nc2ccc(C(=N)N)cc2)c2nn(-c3ncsc3C(N)=O)c(=O)[nH]2)c(F)c2c1OCOC2. The van der Waals surface area contributed by atoms with Crippen molar-refractivity contribution in [2.24, 2.45) is 11.5 Å². The van der Waals surface area contributed by atoms with E-state index in [0.29, 0.717) is 11.3 Å². The Labute approximate surface area is 217 Å². The van der Waals surface area contributed by atoms with Crippen LogP contribution < -0.4 is 31.9 Å². The number of carbonyl (C=O) groups excluding carboxylic acids is 1. The average Bonchev–Trinajstić information content (AvgIpc) is 3.55. The van der Waals surface area contributed by atoms with E-state index in [9.17, 15) is 9.59 Å². The summed E-state index contributed by atoms with van der Waals surface area (Å²) in [4.78, 5) is 31.4. The number of amidine groups is 1. The molecular weight excluding hydrogens is 519 g/mol. The van der Waals surface area contributed by atoms with E-state index in [0.717, 1.165) is 16.0 Å². The summed E-state index contributed by atoms with van der Waals surface area (Å²) in [6.45, 7) is -0.114. The number of primary amides is 1. The third-order valence-corrected chi connectivity index (χ3v) is 6.59. The number of nitrogens with zero attached hydrogens (tertiary/aromatic N) is 3. The lowest BCUT2D eigenvalue weighted by Gasteiger charge is -2.25. The van der Waals surface area contributed by atoms with E-state index in [-0.39, 0.29) is 58.4 Å². The zero-order valence-electron chi connectivity index (χ0n) is 19.8. The van der Waals surface area contributed by atoms with Gasteiger partial charge in [0.1, 0.15) is 22.6 Å². The molecule has 1 atom stereocenters. The number of ether oxygens (including phenoxy) is 3. The van der Waals surface area contributed by atoms with E-state index in [1.54, 1.807) is 24.3 Å². The summed E-state index contributed by atoms with van der Waals surface area (Å²) < 4.78 is 33.0. The van der Waals surface area contributed by atoms with Gasteiger partial charge in [0.15, 0.2) is 29.9 Å². The number of benzene rings is 2. The molecular formula is C23H21FN8O5S. The Morgan fingerprint density at radius 2 is 2.11 bits per heavy atom. The minimum absolute atomic E-state index is 0.00705. The molecule has 2 aromatic heterocycles. The van der Waals surface area contributed by atoms with Crippen LogP contribution in [0.25, 0.3) is 5.82 Å². The predicted molar refractivity (Wildman–Crippen MR) is 135 cm³/mol. The Morgan fingerprint density at radius 3 is 2.79 bits per heavy atom. The van der Waals surface area contributed by atoms with Crippen LogP contribution >= 0.6 is 11.3 Å². The number of hydrogen-bond donors (Lipinski definition) is 5. The lowest BCUT2D eigenvalue weighted by Crippen LogP contribution is -2.20. The first-order valence-electron chi connectivity index (χ1n) is 11.0. The number of carbonyl (C=O) groups is 1. The summed E-state index contributed by atoms with van der Waals surface area (Å²) in [6, 6.07) is 6.89. The highest BCUT2D eigenvalue weighted by Gasteiger charge is 2.31. The summed E-state index contributed by atoms with van der Waals surface area (Å²) in [5.74, 6) is -1.11. The van der Waals surface area contributed by atoms with Gasteiger partial charge in [0.2, 0.25) is 0 Å². The van der Waals surface area contributed by atoms with Crippen LogP contribution in [-0.4, -0.2) is 45.4 Å². The summed E-state index contributed by atoms with van der Waals surface area (Å²) in [6.07, 6.45) is 0. The Hall–Kier alpha value is -4.76. The number of nitrogens with two attached hydrogens (primary N) is 2. The van der Waals surface area contributed by atoms with Gasteiger partial charge in [0.25, 0.3) is 5.91 Å². The molecule has 0 saturated carbocycles. The molecule has 5 rings (SSSR count). The van der Waals surface area contributed by atoms with Crippen molar-refractivity contribution in [1.82, 2.24) is 19.7 Å². The van der Waals surface area contributed by atoms with Crippen LogP contribution in [0.15, 0.2) is 40.6 Å². The number of hydrogen-bond acceptors (Lipinski definition) is 10. The second kappa shape index (κ2) is 9.95. The standard InChI is InChI=1S/C23H21FN8O5S/c1-35-14-6-12(15(24)13-7-36-9-37-17(13)14)16(29-11-4-2-10(3-5-11)19(25)26)21-30-23(34)32(31-21)22-18(20(27)33)38-8-28-22/h2-6,8,16,29H,7,9H2,1H3,(H3,25,26)(H2,27,33)(H,30,31,34). The molecule has 38 heavy (non-hydrogen) atoms. The summed E-state index contributed by atoms with van der Waals surface area (Å²) in [5.41, 5.74) is 12.8. The van der Waals surface area contributed by atoms with Gasteiger partial charge >= 0.3 is 5.69 Å². The molecule has 0 saturated heterocycles. The van der Waals surface area contributed by atoms with Gasteiger partial charge in [-0.05, 0) is 30.3 Å². The van der Waals surface area contributed by atoms with Crippen molar-refractivity contribution in [1.29, 1.82) is 5.41 Å². The summed E-state index contributed by atoms with van der Waals surface area (Å²) >= 11 is 0.958. The first-order valence-corrected chi connectivity index (χ1v) is 11.9. The third-order valence-electron chi connectivity index (χ3n) is 5.76. The highest BCUT2D eigenvalue weighted by molar-refractivity contribution is 7.12. The van der Waals surface area contributed by atoms with Crippen molar-refractivity contribution < 1.29 is 23.4 Å². The Bertz CT molecular complexity index is 1600. The number of fused-ring (bicyclic) bond motifs is 1. The van der Waals surface area contributed by atoms with Crippen LogP contribution in [0.1, 0.15) is 38.2 Å². The number of H-pyrrole nitrogens is 1. The second-order valence-corrected chi connectivity index (χ2v) is 8.92. The molecule has 15 heteroatoms. The molecule has 0 spiro atoms. The van der Waals surface area contributed by atoms with Crippen LogP contribution in [-0.2, 0) is 11.3 Å². The number of nitrogens with one attached hydrogen (secondary N) is 3. The maximum atomic E-state index is 15.9. The highest BCUT2D eigenvalue weighted by atomic mass is 32.1. The topological polar surface area (TPSA) is 196 Å². The maximum Gasteiger partial charge on any atom is 0.349 e. The molecule has 1 aliphatic rings. The second-order valence-electron chi connectivity index (χ2n) is 8.07. The van der Waals surface area contributed by atoms with Crippen LogP contribution in [0.3, 0.4) is 0 Å². The van der Waals surface area contributed by atoms with E-state index >= 15 is 4.39 Å². The largest absolute Gasteiger partial charge is 0.493 e. The molecule has 0 bridgehead atoms. The molecule has 1 amide bonds. The number of amides is 1. The number of nitrogen functional groups attached to an aromatic ring is 1. The zero-order valence-corrected chi connectivity index (χ0v) is 20.6. The van der Waals surface area contributed by atoms with E-state index in [4.69, 9.17) is 31.1 Å². The molecule has 1 unspecified atom stereocenters. The molecule has 0 aliphatic carbocycles. The minimum Gasteiger partial charge on any atom is -0.493 e. The van der Waals surface area contributed by atoms with E-state index in [1.807, 2.05) is 0 Å². The molecule has 0 fully saturated rings. The number of aromatic nitrogens is 4. The summed E-state index contributed by atoms with van der Waals surface area (Å²) in [7, 11) is 1.42. The van der Waals surface area contributed by atoms with Crippen molar-refractivity contribution in [3.63, 3.8) is 0 Å². The number of rotatable bonds is 8. The number of anilines is 1. The highest BCUT2D eigenvalue weighted by Crippen LogP contribution is 2.41. The number of methoxy groups -OCH3 is 1. The van der Waals surface area contributed by atoms with Gasteiger partial charge in [-0.2, -0.15) is 4.68 Å². The van der Waals surface area contributed by atoms with E-state index < -0.39 is 23.5 Å². The van der Waals surface area contributed by atoms with Gasteiger partial charge in [0, 0.05) is 16.8 Å². The molecule has 196 valence electrons. The smallest absolute Gasteiger partial charge is 0.349 e. The fourth-order valence-corrected chi connectivity index (χ4v) is 4.58. The third kappa shape index (κ3) is 4.44. The van der Waals surface area contributed by atoms with Gasteiger partial charge in [-0.25, -0.2) is 14.2 Å². The average molecular weight is 541 g/mol. The van der Waals surface area contributed by atoms with Gasteiger partial charge in [0.05, 0.1) is 24.8 Å². The van der Waals surface area contributed by atoms with Crippen molar-refractivity contribution in [2.45, 2.75) is 12.6 Å². The molecule has 1 aliphatic heterocycles. The number of aromatic amines is 1. The lowest BCUT2D eigenvalue weighted by molar-refractivity contribution is -0.0200. The quantitative estimate of drug-likeness (QED) is 0.163. The van der Waals surface area contributed by atoms with Crippen LogP contribution in [0.4, 0.5) is 10.1 Å². The lowest BCUT2D eigenvalue weighted by atomic mass is 9.99. The monoisotopic (exact) mass is 540 g/mol. The van der Waals surface area contributed by atoms with Gasteiger partial charge in [-0.15, -0.1) is 16.4 Å². The fraction of sp³-hybridized carbons (Fsp3) is 0.174. The Balaban J connectivity index is 1.66. The van der Waals surface area contributed by atoms with Gasteiger partial charge in [-0.3, -0.25) is 15.2 Å². The first-order chi connectivity index (χ1) is 18.3. The fourth-order valence-electron chi connectivity index (χ4n) is 3.97. The number of halogens is 1. The van der Waals surface area contributed by atoms with E-state index in [2.05, 4.69) is 20.4 Å². The Morgan fingerprint density at radius 1 is 1.34 bits per heavy atom. The molecule has 7 N–H and O–H groups in total. The van der Waals surface area contributed by atoms with Crippen LogP contribution in [0.5, 0.6) is 11.5 Å². The van der Waals surface area contributed by atoms with Gasteiger partial charge in [-0.1, -0.05) is 0 Å². The van der Waals surface area contributed by atoms with Crippen LogP contribution in [0, 0.1) is 11.2 Å². The molecule has 4 aromatic rings. The van der Waals surface area contributed by atoms with Crippen molar-refractivity contribution in [2.75, 3.05) is 19.2 Å². The van der Waals surface area contributed by atoms with Crippen molar-refractivity contribution in [3.8, 4) is 17.3 Å². The molecule has 3 heterocycles. The maximum absolute atomic E-state index is 15.9. The molecule has 13 nitrogen and oxygen atoms in total. The zero-order chi connectivity index (χ0) is 27.0. The number of thiazole rings is 1. The van der Waals surface area contributed by atoms with Gasteiger partial charge < -0.3 is 31.0 Å². The molecule has 0 radical (unpaired) electrons. The van der Waals surface area contributed by atoms with Crippen molar-refractivity contribution in [3.05, 3.63) is 79.5 Å². The summed E-state index contributed by atoms with van der Waals surface area (Å²) in [5, 5.41) is 15.1. The minimum atomic E-state index is -1.07. The van der Waals surface area contributed by atoms with Crippen molar-refractivity contribution >= 4 is 28.8 Å². The first kappa shape index (κ1) is 24.9. The molecule has 2 aromatic carbocycles. The van der Waals surface area contributed by atoms with Crippen LogP contribution in [0.2, 0.25) is 0 Å². The Kier molecular flexibility index (Phi) is 6.52. The predicted octanol–water partition coefficient (Wildman–Crippen LogP) is 1.62.